The summed E-state index contributed by atoms with van der Waals surface area (Å²) >= 11 is 1.88. The molecular formula is C14H23NS. The standard InChI is InChI=1S/C14H23NS/c1-4-6-7-8-13(15-10-5-2)14-12(3)9-11-16-14/h4,9,11,13,15H,1,5-8,10H2,2-3H3. The van der Waals surface area contributed by atoms with Crippen molar-refractivity contribution in [3.63, 3.8) is 0 Å². The van der Waals surface area contributed by atoms with Crippen molar-refractivity contribution >= 4 is 11.3 Å². The van der Waals surface area contributed by atoms with Crippen LogP contribution in [-0.2, 0) is 0 Å². The summed E-state index contributed by atoms with van der Waals surface area (Å²) in [5.41, 5.74) is 1.43. The molecule has 0 saturated carbocycles. The van der Waals surface area contributed by atoms with Gasteiger partial charge in [0.05, 0.1) is 0 Å². The second-order valence-corrected chi connectivity index (χ2v) is 5.14. The summed E-state index contributed by atoms with van der Waals surface area (Å²) in [6, 6.07) is 2.76. The molecule has 0 aliphatic rings. The molecule has 1 aromatic rings. The molecule has 0 bridgehead atoms. The fourth-order valence-corrected chi connectivity index (χ4v) is 2.89. The number of rotatable bonds is 8. The summed E-state index contributed by atoms with van der Waals surface area (Å²) < 4.78 is 0. The van der Waals surface area contributed by atoms with Crippen LogP contribution in [0.3, 0.4) is 0 Å². The van der Waals surface area contributed by atoms with Gasteiger partial charge in [-0.05, 0) is 56.2 Å². The normalized spacial score (nSPS) is 12.6. The van der Waals surface area contributed by atoms with E-state index < -0.39 is 0 Å². The zero-order chi connectivity index (χ0) is 11.8. The summed E-state index contributed by atoms with van der Waals surface area (Å²) in [5, 5.41) is 5.84. The highest BCUT2D eigenvalue weighted by molar-refractivity contribution is 7.10. The molecule has 0 radical (unpaired) electrons. The van der Waals surface area contributed by atoms with E-state index in [0.29, 0.717) is 6.04 Å². The first-order valence-corrected chi connectivity index (χ1v) is 7.05. The lowest BCUT2D eigenvalue weighted by Gasteiger charge is -2.18. The Kier molecular flexibility index (Phi) is 6.43. The fourth-order valence-electron chi connectivity index (χ4n) is 1.85. The van der Waals surface area contributed by atoms with Gasteiger partial charge in [0.15, 0.2) is 0 Å². The van der Waals surface area contributed by atoms with Crippen LogP contribution in [0.5, 0.6) is 0 Å². The fraction of sp³-hybridized carbons (Fsp3) is 0.571. The van der Waals surface area contributed by atoms with Gasteiger partial charge in [0.1, 0.15) is 0 Å². The van der Waals surface area contributed by atoms with E-state index in [2.05, 4.69) is 37.2 Å². The Balaban J connectivity index is 2.56. The van der Waals surface area contributed by atoms with Gasteiger partial charge in [-0.3, -0.25) is 0 Å². The molecule has 0 aliphatic carbocycles. The van der Waals surface area contributed by atoms with Crippen molar-refractivity contribution in [2.75, 3.05) is 6.54 Å². The largest absolute Gasteiger partial charge is 0.309 e. The molecule has 0 amide bonds. The summed E-state index contributed by atoms with van der Waals surface area (Å²) in [7, 11) is 0. The van der Waals surface area contributed by atoms with Crippen LogP contribution >= 0.6 is 11.3 Å². The topological polar surface area (TPSA) is 12.0 Å². The Morgan fingerprint density at radius 1 is 1.56 bits per heavy atom. The van der Waals surface area contributed by atoms with E-state index in [1.807, 2.05) is 17.4 Å². The molecule has 1 heterocycles. The van der Waals surface area contributed by atoms with E-state index in [1.54, 1.807) is 0 Å². The lowest BCUT2D eigenvalue weighted by molar-refractivity contribution is 0.491. The van der Waals surface area contributed by atoms with E-state index >= 15 is 0 Å². The predicted molar refractivity (Wildman–Crippen MR) is 74.1 cm³/mol. The summed E-state index contributed by atoms with van der Waals surface area (Å²) in [6.07, 6.45) is 6.77. The maximum Gasteiger partial charge on any atom is 0.0417 e. The number of allylic oxidation sites excluding steroid dienone is 1. The Morgan fingerprint density at radius 2 is 2.38 bits per heavy atom. The molecule has 0 aromatic carbocycles. The second kappa shape index (κ2) is 7.64. The molecule has 1 rings (SSSR count). The number of hydrogen-bond donors (Lipinski definition) is 1. The van der Waals surface area contributed by atoms with Gasteiger partial charge in [0.2, 0.25) is 0 Å². The van der Waals surface area contributed by atoms with Crippen LogP contribution in [0.2, 0.25) is 0 Å². The van der Waals surface area contributed by atoms with Gasteiger partial charge in [-0.15, -0.1) is 17.9 Å². The average Bonchev–Trinajstić information content (AvgIpc) is 2.70. The molecule has 1 aromatic heterocycles. The highest BCUT2D eigenvalue weighted by atomic mass is 32.1. The molecule has 90 valence electrons. The molecule has 0 aliphatic heterocycles. The molecule has 0 fully saturated rings. The van der Waals surface area contributed by atoms with Gasteiger partial charge in [-0.25, -0.2) is 0 Å². The predicted octanol–water partition coefficient (Wildman–Crippen LogP) is 4.45. The maximum atomic E-state index is 3.78. The minimum atomic E-state index is 0.542. The second-order valence-electron chi connectivity index (χ2n) is 4.19. The van der Waals surface area contributed by atoms with E-state index in [-0.39, 0.29) is 0 Å². The van der Waals surface area contributed by atoms with Crippen molar-refractivity contribution in [2.45, 2.75) is 45.6 Å². The number of nitrogens with one attached hydrogen (secondary N) is 1. The van der Waals surface area contributed by atoms with Crippen molar-refractivity contribution in [3.05, 3.63) is 34.5 Å². The first-order chi connectivity index (χ1) is 7.79. The molecule has 0 saturated heterocycles. The Hall–Kier alpha value is -0.600. The minimum Gasteiger partial charge on any atom is -0.309 e. The van der Waals surface area contributed by atoms with Gasteiger partial charge in [-0.1, -0.05) is 13.0 Å². The Bertz CT molecular complexity index is 303. The minimum absolute atomic E-state index is 0.542. The first kappa shape index (κ1) is 13.5. The van der Waals surface area contributed by atoms with Crippen molar-refractivity contribution in [3.8, 4) is 0 Å². The van der Waals surface area contributed by atoms with E-state index in [9.17, 15) is 0 Å². The number of aryl methyl sites for hydroxylation is 1. The lowest BCUT2D eigenvalue weighted by Crippen LogP contribution is -2.21. The molecule has 1 unspecified atom stereocenters. The van der Waals surface area contributed by atoms with Crippen LogP contribution in [0.4, 0.5) is 0 Å². The van der Waals surface area contributed by atoms with Gasteiger partial charge < -0.3 is 5.32 Å². The van der Waals surface area contributed by atoms with Gasteiger partial charge in [-0.2, -0.15) is 0 Å². The van der Waals surface area contributed by atoms with Crippen LogP contribution in [-0.4, -0.2) is 6.54 Å². The molecule has 0 spiro atoms. The van der Waals surface area contributed by atoms with E-state index in [1.165, 1.54) is 29.7 Å². The van der Waals surface area contributed by atoms with E-state index in [0.717, 1.165) is 13.0 Å². The SMILES string of the molecule is C=CCCCC(NCCC)c1sccc1C. The van der Waals surface area contributed by atoms with Crippen LogP contribution in [0, 0.1) is 6.92 Å². The van der Waals surface area contributed by atoms with Gasteiger partial charge in [0, 0.05) is 10.9 Å². The summed E-state index contributed by atoms with van der Waals surface area (Å²) in [5.74, 6) is 0. The van der Waals surface area contributed by atoms with Crippen molar-refractivity contribution in [1.29, 1.82) is 0 Å². The highest BCUT2D eigenvalue weighted by Crippen LogP contribution is 2.27. The van der Waals surface area contributed by atoms with Crippen LogP contribution in [0.1, 0.15) is 49.1 Å². The molecule has 1 N–H and O–H groups in total. The Morgan fingerprint density at radius 3 is 2.94 bits per heavy atom. The monoisotopic (exact) mass is 237 g/mol. The first-order valence-electron chi connectivity index (χ1n) is 6.17. The van der Waals surface area contributed by atoms with Crippen LogP contribution < -0.4 is 5.32 Å². The smallest absolute Gasteiger partial charge is 0.0417 e. The van der Waals surface area contributed by atoms with Crippen LogP contribution in [0.25, 0.3) is 0 Å². The quantitative estimate of drug-likeness (QED) is 0.520. The molecule has 16 heavy (non-hydrogen) atoms. The third kappa shape index (κ3) is 4.11. The molecular weight excluding hydrogens is 214 g/mol. The maximum absolute atomic E-state index is 3.78. The van der Waals surface area contributed by atoms with Crippen molar-refractivity contribution < 1.29 is 0 Å². The number of thiophene rings is 1. The number of hydrogen-bond acceptors (Lipinski definition) is 2. The van der Waals surface area contributed by atoms with E-state index in [4.69, 9.17) is 0 Å². The third-order valence-electron chi connectivity index (χ3n) is 2.76. The zero-order valence-electron chi connectivity index (χ0n) is 10.5. The van der Waals surface area contributed by atoms with Gasteiger partial charge >= 0.3 is 0 Å². The number of unbranched alkanes of at least 4 members (excludes halogenated alkanes) is 1. The average molecular weight is 237 g/mol. The highest BCUT2D eigenvalue weighted by Gasteiger charge is 2.13. The third-order valence-corrected chi connectivity index (χ3v) is 3.89. The Labute approximate surface area is 104 Å². The lowest BCUT2D eigenvalue weighted by atomic mass is 10.1. The zero-order valence-corrected chi connectivity index (χ0v) is 11.3. The van der Waals surface area contributed by atoms with Crippen molar-refractivity contribution in [2.24, 2.45) is 0 Å². The van der Waals surface area contributed by atoms with Crippen LogP contribution in [0.15, 0.2) is 24.1 Å². The molecule has 1 atom stereocenters. The summed E-state index contributed by atoms with van der Waals surface area (Å²) in [4.78, 5) is 1.51. The van der Waals surface area contributed by atoms with Crippen molar-refractivity contribution in [1.82, 2.24) is 5.32 Å². The molecule has 2 heteroatoms. The van der Waals surface area contributed by atoms with Gasteiger partial charge in [0.25, 0.3) is 0 Å². The summed E-state index contributed by atoms with van der Waals surface area (Å²) in [6.45, 7) is 9.32. The molecule has 1 nitrogen and oxygen atoms in total.